The molecular weight excluding hydrogens is 190 g/mol. The Morgan fingerprint density at radius 1 is 1.40 bits per heavy atom. The van der Waals surface area contributed by atoms with Gasteiger partial charge in [-0.25, -0.2) is 0 Å². The van der Waals surface area contributed by atoms with E-state index in [0.29, 0.717) is 6.54 Å². The largest absolute Gasteiger partial charge is 0.496 e. The molecule has 3 nitrogen and oxygen atoms in total. The van der Waals surface area contributed by atoms with E-state index in [4.69, 9.17) is 9.84 Å². The van der Waals surface area contributed by atoms with Gasteiger partial charge in [0.15, 0.2) is 0 Å². The van der Waals surface area contributed by atoms with Crippen LogP contribution in [0.15, 0.2) is 18.2 Å². The average molecular weight is 209 g/mol. The molecule has 0 aliphatic rings. The van der Waals surface area contributed by atoms with Crippen LogP contribution in [0.4, 0.5) is 0 Å². The average Bonchev–Trinajstić information content (AvgIpc) is 2.18. The Kier molecular flexibility index (Phi) is 4.59. The van der Waals surface area contributed by atoms with Gasteiger partial charge in [0.05, 0.1) is 13.7 Å². The van der Waals surface area contributed by atoms with Gasteiger partial charge in [-0.15, -0.1) is 0 Å². The van der Waals surface area contributed by atoms with Crippen LogP contribution in [-0.2, 0) is 6.54 Å². The molecule has 1 rings (SSSR count). The van der Waals surface area contributed by atoms with E-state index >= 15 is 0 Å². The summed E-state index contributed by atoms with van der Waals surface area (Å²) in [5.74, 6) is 0.920. The van der Waals surface area contributed by atoms with E-state index in [0.717, 1.165) is 17.9 Å². The molecule has 0 aliphatic carbocycles. The summed E-state index contributed by atoms with van der Waals surface area (Å²) in [6, 6.07) is 6.16. The molecule has 0 bridgehead atoms. The quantitative estimate of drug-likeness (QED) is 0.796. The van der Waals surface area contributed by atoms with Crippen molar-refractivity contribution in [3.63, 3.8) is 0 Å². The van der Waals surface area contributed by atoms with Gasteiger partial charge >= 0.3 is 0 Å². The molecule has 0 saturated heterocycles. The van der Waals surface area contributed by atoms with Crippen LogP contribution in [0, 0.1) is 6.92 Å². The van der Waals surface area contributed by atoms with Gasteiger partial charge < -0.3 is 9.84 Å². The number of methoxy groups -OCH3 is 1. The molecule has 0 amide bonds. The number of aryl methyl sites for hydroxylation is 1. The molecule has 0 saturated carbocycles. The van der Waals surface area contributed by atoms with Gasteiger partial charge in [-0.1, -0.05) is 12.1 Å². The fourth-order valence-corrected chi connectivity index (χ4v) is 1.60. The Morgan fingerprint density at radius 3 is 2.67 bits per heavy atom. The van der Waals surface area contributed by atoms with Gasteiger partial charge in [-0.3, -0.25) is 4.90 Å². The number of ether oxygens (including phenoxy) is 1. The van der Waals surface area contributed by atoms with E-state index in [2.05, 4.69) is 17.0 Å². The summed E-state index contributed by atoms with van der Waals surface area (Å²) in [7, 11) is 3.68. The van der Waals surface area contributed by atoms with Crippen LogP contribution in [0.3, 0.4) is 0 Å². The number of hydrogen-bond donors (Lipinski definition) is 1. The van der Waals surface area contributed by atoms with Crippen molar-refractivity contribution in [3.05, 3.63) is 29.3 Å². The van der Waals surface area contributed by atoms with Crippen LogP contribution in [-0.4, -0.2) is 37.3 Å². The lowest BCUT2D eigenvalue weighted by molar-refractivity contribution is 0.217. The monoisotopic (exact) mass is 209 g/mol. The van der Waals surface area contributed by atoms with E-state index in [1.807, 2.05) is 20.0 Å². The fourth-order valence-electron chi connectivity index (χ4n) is 1.60. The second-order valence-corrected chi connectivity index (χ2v) is 3.77. The first-order valence-electron chi connectivity index (χ1n) is 5.10. The fraction of sp³-hybridized carbons (Fsp3) is 0.500. The molecule has 0 aliphatic heterocycles. The van der Waals surface area contributed by atoms with E-state index < -0.39 is 0 Å². The summed E-state index contributed by atoms with van der Waals surface area (Å²) in [5, 5.41) is 8.79. The van der Waals surface area contributed by atoms with Crippen LogP contribution in [0.2, 0.25) is 0 Å². The molecule has 0 radical (unpaired) electrons. The molecular formula is C12H19NO2. The third-order valence-corrected chi connectivity index (χ3v) is 2.39. The minimum atomic E-state index is 0.200. The first kappa shape index (κ1) is 12.0. The Balaban J connectivity index is 2.66. The highest BCUT2D eigenvalue weighted by atomic mass is 16.5. The number of benzene rings is 1. The zero-order chi connectivity index (χ0) is 11.3. The lowest BCUT2D eigenvalue weighted by Gasteiger charge is -2.16. The van der Waals surface area contributed by atoms with Crippen molar-refractivity contribution < 1.29 is 9.84 Å². The van der Waals surface area contributed by atoms with Crippen molar-refractivity contribution in [2.75, 3.05) is 27.3 Å². The lowest BCUT2D eigenvalue weighted by atomic mass is 10.1. The lowest BCUT2D eigenvalue weighted by Crippen LogP contribution is -2.21. The molecule has 0 heterocycles. The molecule has 1 N–H and O–H groups in total. The van der Waals surface area contributed by atoms with Crippen LogP contribution >= 0.6 is 0 Å². The van der Waals surface area contributed by atoms with Crippen molar-refractivity contribution in [1.82, 2.24) is 4.90 Å². The minimum Gasteiger partial charge on any atom is -0.496 e. The maximum atomic E-state index is 8.79. The van der Waals surface area contributed by atoms with Crippen molar-refractivity contribution in [2.24, 2.45) is 0 Å². The van der Waals surface area contributed by atoms with Crippen LogP contribution < -0.4 is 4.74 Å². The third kappa shape index (κ3) is 3.53. The molecule has 15 heavy (non-hydrogen) atoms. The highest BCUT2D eigenvalue weighted by molar-refractivity contribution is 5.36. The Bertz CT molecular complexity index is 312. The smallest absolute Gasteiger partial charge is 0.121 e. The number of nitrogens with zero attached hydrogens (tertiary/aromatic N) is 1. The summed E-state index contributed by atoms with van der Waals surface area (Å²) in [6.45, 7) is 3.79. The molecule has 3 heteroatoms. The Morgan fingerprint density at radius 2 is 2.13 bits per heavy atom. The molecule has 0 fully saturated rings. The Labute approximate surface area is 91.3 Å². The molecule has 1 aromatic rings. The number of likely N-dealkylation sites (N-methyl/N-ethyl adjacent to an activating group) is 1. The molecule has 0 unspecified atom stereocenters. The van der Waals surface area contributed by atoms with Gasteiger partial charge in [0, 0.05) is 13.1 Å². The van der Waals surface area contributed by atoms with Crippen molar-refractivity contribution in [1.29, 1.82) is 0 Å². The molecule has 1 aromatic carbocycles. The number of hydrogen-bond acceptors (Lipinski definition) is 3. The second-order valence-electron chi connectivity index (χ2n) is 3.77. The van der Waals surface area contributed by atoms with E-state index in [1.54, 1.807) is 7.11 Å². The maximum absolute atomic E-state index is 8.79. The second kappa shape index (κ2) is 5.73. The number of aliphatic hydroxyl groups is 1. The zero-order valence-electron chi connectivity index (χ0n) is 9.66. The summed E-state index contributed by atoms with van der Waals surface area (Å²) in [5.41, 5.74) is 2.39. The topological polar surface area (TPSA) is 32.7 Å². The van der Waals surface area contributed by atoms with Crippen LogP contribution in [0.1, 0.15) is 11.1 Å². The molecule has 0 atom stereocenters. The number of rotatable bonds is 5. The number of aliphatic hydroxyl groups excluding tert-OH is 1. The van der Waals surface area contributed by atoms with Crippen molar-refractivity contribution in [2.45, 2.75) is 13.5 Å². The minimum absolute atomic E-state index is 0.200. The van der Waals surface area contributed by atoms with E-state index in [1.165, 1.54) is 5.56 Å². The van der Waals surface area contributed by atoms with E-state index in [9.17, 15) is 0 Å². The van der Waals surface area contributed by atoms with Crippen LogP contribution in [0.25, 0.3) is 0 Å². The molecule has 0 aromatic heterocycles. The third-order valence-electron chi connectivity index (χ3n) is 2.39. The highest BCUT2D eigenvalue weighted by Crippen LogP contribution is 2.18. The molecule has 84 valence electrons. The predicted molar refractivity (Wildman–Crippen MR) is 61.2 cm³/mol. The standard InChI is InChI=1S/C12H19NO2/c1-10-8-11(4-5-12(10)15-3)9-13(2)6-7-14/h4-5,8,14H,6-7,9H2,1-3H3. The van der Waals surface area contributed by atoms with Gasteiger partial charge in [0.2, 0.25) is 0 Å². The van der Waals surface area contributed by atoms with Crippen molar-refractivity contribution >= 4 is 0 Å². The maximum Gasteiger partial charge on any atom is 0.121 e. The van der Waals surface area contributed by atoms with Gasteiger partial charge in [-0.05, 0) is 31.2 Å². The first-order valence-corrected chi connectivity index (χ1v) is 5.10. The Hall–Kier alpha value is -1.06. The summed E-state index contributed by atoms with van der Waals surface area (Å²) >= 11 is 0. The summed E-state index contributed by atoms with van der Waals surface area (Å²) in [6.07, 6.45) is 0. The van der Waals surface area contributed by atoms with Gasteiger partial charge in [-0.2, -0.15) is 0 Å². The normalized spacial score (nSPS) is 10.7. The van der Waals surface area contributed by atoms with E-state index in [-0.39, 0.29) is 6.61 Å². The SMILES string of the molecule is COc1ccc(CN(C)CCO)cc1C. The highest BCUT2D eigenvalue weighted by Gasteiger charge is 2.02. The van der Waals surface area contributed by atoms with Crippen LogP contribution in [0.5, 0.6) is 5.75 Å². The van der Waals surface area contributed by atoms with Gasteiger partial charge in [0.25, 0.3) is 0 Å². The predicted octanol–water partition coefficient (Wildman–Crippen LogP) is 1.43. The van der Waals surface area contributed by atoms with Crippen molar-refractivity contribution in [3.8, 4) is 5.75 Å². The summed E-state index contributed by atoms with van der Waals surface area (Å²) < 4.78 is 5.20. The zero-order valence-corrected chi connectivity index (χ0v) is 9.66. The first-order chi connectivity index (χ1) is 7.17. The summed E-state index contributed by atoms with van der Waals surface area (Å²) in [4.78, 5) is 2.08. The van der Waals surface area contributed by atoms with Gasteiger partial charge in [0.1, 0.15) is 5.75 Å². The molecule has 0 spiro atoms.